The first-order valence-electron chi connectivity index (χ1n) is 5.14. The highest BCUT2D eigenvalue weighted by Crippen LogP contribution is 2.28. The lowest BCUT2D eigenvalue weighted by Crippen LogP contribution is -2.51. The maximum Gasteiger partial charge on any atom is 0.273 e. The summed E-state index contributed by atoms with van der Waals surface area (Å²) in [6.45, 7) is 0.483. The van der Waals surface area contributed by atoms with Crippen LogP contribution in [0.15, 0.2) is 6.20 Å². The normalized spacial score (nSPS) is 19.0. The molecule has 0 aromatic carbocycles. The first-order chi connectivity index (χ1) is 7.26. The summed E-state index contributed by atoms with van der Waals surface area (Å²) >= 11 is 0. The minimum atomic E-state index is -0.226. The summed E-state index contributed by atoms with van der Waals surface area (Å²) in [5, 5.41) is 12.7. The molecule has 0 atom stereocenters. The third-order valence-corrected chi connectivity index (χ3v) is 2.98. The van der Waals surface area contributed by atoms with E-state index in [1.807, 2.05) is 0 Å². The van der Waals surface area contributed by atoms with Gasteiger partial charge >= 0.3 is 0 Å². The molecule has 1 heterocycles. The van der Waals surface area contributed by atoms with Gasteiger partial charge in [-0.05, 0) is 12.8 Å². The number of H-pyrrole nitrogens is 1. The second kappa shape index (κ2) is 3.98. The molecule has 1 aliphatic rings. The average molecular weight is 209 g/mol. The van der Waals surface area contributed by atoms with Gasteiger partial charge in [-0.25, -0.2) is 0 Å². The lowest BCUT2D eigenvalue weighted by molar-refractivity contribution is 0.0898. The lowest BCUT2D eigenvalue weighted by atomic mass is 9.98. The van der Waals surface area contributed by atoms with Crippen LogP contribution < -0.4 is 11.1 Å². The van der Waals surface area contributed by atoms with Crippen molar-refractivity contribution in [2.45, 2.75) is 31.2 Å². The molecular formula is C9H15N5O. The zero-order valence-corrected chi connectivity index (χ0v) is 8.49. The lowest BCUT2D eigenvalue weighted by Gasteiger charge is -2.28. The van der Waals surface area contributed by atoms with Gasteiger partial charge in [-0.15, -0.1) is 0 Å². The Labute approximate surface area is 87.6 Å². The number of nitrogens with zero attached hydrogens (tertiary/aromatic N) is 2. The second-order valence-corrected chi connectivity index (χ2v) is 4.00. The number of carbonyl (C=O) groups excluding carboxylic acids is 1. The number of aromatic nitrogens is 3. The first kappa shape index (κ1) is 10.1. The molecule has 6 heteroatoms. The van der Waals surface area contributed by atoms with E-state index in [4.69, 9.17) is 5.73 Å². The summed E-state index contributed by atoms with van der Waals surface area (Å²) in [6.07, 6.45) is 5.56. The van der Waals surface area contributed by atoms with Gasteiger partial charge in [0, 0.05) is 6.54 Å². The van der Waals surface area contributed by atoms with Crippen LogP contribution in [-0.4, -0.2) is 33.4 Å². The smallest absolute Gasteiger partial charge is 0.273 e. The number of nitrogens with two attached hydrogens (primary N) is 1. The van der Waals surface area contributed by atoms with E-state index < -0.39 is 0 Å². The van der Waals surface area contributed by atoms with E-state index in [1.54, 1.807) is 0 Å². The third-order valence-electron chi connectivity index (χ3n) is 2.98. The van der Waals surface area contributed by atoms with Crippen molar-refractivity contribution < 1.29 is 4.79 Å². The highest BCUT2D eigenvalue weighted by atomic mass is 16.2. The van der Waals surface area contributed by atoms with Crippen molar-refractivity contribution in [3.8, 4) is 0 Å². The molecule has 0 unspecified atom stereocenters. The van der Waals surface area contributed by atoms with Gasteiger partial charge in [0.2, 0.25) is 0 Å². The molecule has 0 aliphatic heterocycles. The Morgan fingerprint density at radius 1 is 1.60 bits per heavy atom. The van der Waals surface area contributed by atoms with E-state index in [2.05, 4.69) is 20.7 Å². The molecule has 1 fully saturated rings. The fraction of sp³-hybridized carbons (Fsp3) is 0.667. The highest BCUT2D eigenvalue weighted by molar-refractivity contribution is 5.92. The van der Waals surface area contributed by atoms with Crippen LogP contribution in [0.3, 0.4) is 0 Å². The standard InChI is InChI=1S/C9H15N5O/c10-6-9(3-1-2-4-9)12-8(15)7-5-11-14-13-7/h5H,1-4,6,10H2,(H,12,15)(H,11,13,14). The van der Waals surface area contributed by atoms with Gasteiger partial charge in [-0.2, -0.15) is 15.4 Å². The molecule has 0 bridgehead atoms. The number of hydrogen-bond acceptors (Lipinski definition) is 4. The fourth-order valence-corrected chi connectivity index (χ4v) is 2.05. The summed E-state index contributed by atoms with van der Waals surface area (Å²) in [4.78, 5) is 11.7. The van der Waals surface area contributed by atoms with E-state index in [-0.39, 0.29) is 11.4 Å². The van der Waals surface area contributed by atoms with Gasteiger partial charge < -0.3 is 11.1 Å². The van der Waals surface area contributed by atoms with Gasteiger partial charge in [0.15, 0.2) is 5.69 Å². The summed E-state index contributed by atoms with van der Waals surface area (Å²) in [5.74, 6) is -0.198. The van der Waals surface area contributed by atoms with Crippen molar-refractivity contribution in [2.75, 3.05) is 6.54 Å². The molecule has 1 amide bonds. The number of aromatic amines is 1. The maximum absolute atomic E-state index is 11.7. The summed E-state index contributed by atoms with van der Waals surface area (Å²) in [7, 11) is 0. The molecule has 6 nitrogen and oxygen atoms in total. The minimum absolute atomic E-state index is 0.198. The van der Waals surface area contributed by atoms with Crippen molar-refractivity contribution >= 4 is 5.91 Å². The quantitative estimate of drug-likeness (QED) is 0.642. The Bertz CT molecular complexity index is 328. The molecule has 1 aliphatic carbocycles. The maximum atomic E-state index is 11.7. The monoisotopic (exact) mass is 209 g/mol. The van der Waals surface area contributed by atoms with E-state index in [9.17, 15) is 4.79 Å². The van der Waals surface area contributed by atoms with Gasteiger partial charge in [0.25, 0.3) is 5.91 Å². The zero-order valence-electron chi connectivity index (χ0n) is 8.49. The van der Waals surface area contributed by atoms with Gasteiger partial charge in [0.05, 0.1) is 11.7 Å². The number of nitrogens with one attached hydrogen (secondary N) is 2. The first-order valence-corrected chi connectivity index (χ1v) is 5.14. The summed E-state index contributed by atoms with van der Waals surface area (Å²) in [5.41, 5.74) is 5.80. The molecule has 1 aromatic rings. The third kappa shape index (κ3) is 1.99. The number of amides is 1. The van der Waals surface area contributed by atoms with Crippen LogP contribution in [-0.2, 0) is 0 Å². The van der Waals surface area contributed by atoms with Crippen LogP contribution in [0.1, 0.15) is 36.2 Å². The van der Waals surface area contributed by atoms with E-state index in [0.29, 0.717) is 12.2 Å². The van der Waals surface area contributed by atoms with Crippen LogP contribution in [0.4, 0.5) is 0 Å². The molecule has 1 saturated carbocycles. The molecule has 15 heavy (non-hydrogen) atoms. The molecule has 1 aromatic heterocycles. The van der Waals surface area contributed by atoms with Crippen LogP contribution in [0.2, 0.25) is 0 Å². The molecule has 4 N–H and O–H groups in total. The molecule has 2 rings (SSSR count). The number of rotatable bonds is 3. The minimum Gasteiger partial charge on any atom is -0.344 e. The Kier molecular flexibility index (Phi) is 2.68. The zero-order chi connectivity index (χ0) is 10.7. The van der Waals surface area contributed by atoms with E-state index in [1.165, 1.54) is 6.20 Å². The molecule has 0 saturated heterocycles. The van der Waals surface area contributed by atoms with Crippen LogP contribution in [0, 0.1) is 0 Å². The van der Waals surface area contributed by atoms with E-state index in [0.717, 1.165) is 25.7 Å². The summed E-state index contributed by atoms with van der Waals surface area (Å²) < 4.78 is 0. The van der Waals surface area contributed by atoms with Crippen molar-refractivity contribution in [3.05, 3.63) is 11.9 Å². The van der Waals surface area contributed by atoms with Gasteiger partial charge in [0.1, 0.15) is 0 Å². The van der Waals surface area contributed by atoms with Crippen molar-refractivity contribution in [1.82, 2.24) is 20.7 Å². The van der Waals surface area contributed by atoms with Crippen LogP contribution >= 0.6 is 0 Å². The van der Waals surface area contributed by atoms with Crippen LogP contribution in [0.25, 0.3) is 0 Å². The molecular weight excluding hydrogens is 194 g/mol. The topological polar surface area (TPSA) is 96.7 Å². The molecule has 82 valence electrons. The Morgan fingerprint density at radius 3 is 2.87 bits per heavy atom. The molecule has 0 radical (unpaired) electrons. The number of hydrogen-bond donors (Lipinski definition) is 3. The summed E-state index contributed by atoms with van der Waals surface area (Å²) in [6, 6.07) is 0. The highest BCUT2D eigenvalue weighted by Gasteiger charge is 2.34. The second-order valence-electron chi connectivity index (χ2n) is 4.00. The fourth-order valence-electron chi connectivity index (χ4n) is 2.05. The Balaban J connectivity index is 2.04. The van der Waals surface area contributed by atoms with Gasteiger partial charge in [-0.1, -0.05) is 12.8 Å². The van der Waals surface area contributed by atoms with E-state index >= 15 is 0 Å². The van der Waals surface area contributed by atoms with Crippen molar-refractivity contribution in [3.63, 3.8) is 0 Å². The van der Waals surface area contributed by atoms with Crippen molar-refractivity contribution in [2.24, 2.45) is 5.73 Å². The largest absolute Gasteiger partial charge is 0.344 e. The molecule has 0 spiro atoms. The van der Waals surface area contributed by atoms with Crippen molar-refractivity contribution in [1.29, 1.82) is 0 Å². The Morgan fingerprint density at radius 2 is 2.33 bits per heavy atom. The SMILES string of the molecule is NCC1(NC(=O)c2cn[nH]n2)CCCC1. The average Bonchev–Trinajstić information content (AvgIpc) is 2.88. The Hall–Kier alpha value is -1.43. The predicted octanol–water partition coefficient (Wildman–Crippen LogP) is -0.194. The van der Waals surface area contributed by atoms with Crippen LogP contribution in [0.5, 0.6) is 0 Å². The predicted molar refractivity (Wildman–Crippen MR) is 54.1 cm³/mol. The number of carbonyl (C=O) groups is 1. The van der Waals surface area contributed by atoms with Gasteiger partial charge in [-0.3, -0.25) is 4.79 Å².